The van der Waals surface area contributed by atoms with Crippen molar-refractivity contribution in [2.75, 3.05) is 20.1 Å². The zero-order valence-electron chi connectivity index (χ0n) is 16.1. The molecule has 140 valence electrons. The van der Waals surface area contributed by atoms with E-state index in [0.29, 0.717) is 18.7 Å². The normalized spacial score (nSPS) is 11.3. The molecule has 0 radical (unpaired) electrons. The Morgan fingerprint density at radius 1 is 1.15 bits per heavy atom. The molecule has 0 saturated carbocycles. The van der Waals surface area contributed by atoms with Crippen molar-refractivity contribution in [1.29, 1.82) is 0 Å². The highest BCUT2D eigenvalue weighted by Crippen LogP contribution is 2.08. The molecule has 1 aromatic carbocycles. The Labute approximate surface area is 155 Å². The summed E-state index contributed by atoms with van der Waals surface area (Å²) in [4.78, 5) is 18.8. The summed E-state index contributed by atoms with van der Waals surface area (Å²) in [5, 5.41) is 6.15. The minimum Gasteiger partial charge on any atom is -0.357 e. The lowest BCUT2D eigenvalue weighted by atomic mass is 10.1. The summed E-state index contributed by atoms with van der Waals surface area (Å²) in [5.74, 6) is 0.795. The molecule has 0 saturated heterocycles. The van der Waals surface area contributed by atoms with Gasteiger partial charge in [-0.1, -0.05) is 12.1 Å². The number of guanidine groups is 1. The third-order valence-electron chi connectivity index (χ3n) is 4.08. The molecule has 0 spiro atoms. The summed E-state index contributed by atoms with van der Waals surface area (Å²) >= 11 is 0. The molecule has 1 amide bonds. The number of carbonyl (C=O) groups excluding carboxylic acids is 1. The van der Waals surface area contributed by atoms with Crippen molar-refractivity contribution >= 4 is 11.9 Å². The lowest BCUT2D eigenvalue weighted by Crippen LogP contribution is -2.38. The zero-order valence-corrected chi connectivity index (χ0v) is 16.1. The van der Waals surface area contributed by atoms with Crippen LogP contribution in [-0.4, -0.2) is 41.5 Å². The van der Waals surface area contributed by atoms with E-state index in [2.05, 4.69) is 33.1 Å². The molecule has 2 aromatic rings. The van der Waals surface area contributed by atoms with Gasteiger partial charge in [0.05, 0.1) is 13.1 Å². The van der Waals surface area contributed by atoms with Crippen LogP contribution in [0.3, 0.4) is 0 Å². The van der Waals surface area contributed by atoms with Gasteiger partial charge >= 0.3 is 0 Å². The number of hydrogen-bond donors (Lipinski definition) is 2. The first-order valence-corrected chi connectivity index (χ1v) is 9.02. The second-order valence-corrected chi connectivity index (χ2v) is 6.20. The zero-order chi connectivity index (χ0) is 18.9. The first-order chi connectivity index (χ1) is 12.5. The van der Waals surface area contributed by atoms with Gasteiger partial charge in [0.1, 0.15) is 0 Å². The van der Waals surface area contributed by atoms with Crippen LogP contribution in [0.15, 0.2) is 47.6 Å². The number of aromatic nitrogens is 1. The molecule has 2 N–H and O–H groups in total. The van der Waals surface area contributed by atoms with E-state index in [0.717, 1.165) is 24.6 Å². The van der Waals surface area contributed by atoms with Gasteiger partial charge in [0.25, 0.3) is 5.91 Å². The average Bonchev–Trinajstić information content (AvgIpc) is 3.03. The Morgan fingerprint density at radius 3 is 2.58 bits per heavy atom. The fourth-order valence-corrected chi connectivity index (χ4v) is 2.69. The van der Waals surface area contributed by atoms with Crippen molar-refractivity contribution in [3.63, 3.8) is 0 Å². The predicted molar refractivity (Wildman–Crippen MR) is 106 cm³/mol. The number of nitrogens with zero attached hydrogens (tertiary/aromatic N) is 3. The van der Waals surface area contributed by atoms with Crippen molar-refractivity contribution < 1.29 is 4.79 Å². The number of benzene rings is 1. The van der Waals surface area contributed by atoms with Crippen LogP contribution >= 0.6 is 0 Å². The van der Waals surface area contributed by atoms with Gasteiger partial charge in [-0.05, 0) is 43.7 Å². The van der Waals surface area contributed by atoms with E-state index in [9.17, 15) is 4.79 Å². The summed E-state index contributed by atoms with van der Waals surface area (Å²) in [6.07, 6.45) is 2.04. The molecule has 0 aliphatic rings. The summed E-state index contributed by atoms with van der Waals surface area (Å²) in [6.45, 7) is 6.69. The maximum absolute atomic E-state index is 12.0. The topological polar surface area (TPSA) is 61.7 Å². The van der Waals surface area contributed by atoms with Gasteiger partial charge in [-0.25, -0.2) is 4.99 Å². The van der Waals surface area contributed by atoms with Crippen LogP contribution in [0.2, 0.25) is 0 Å². The van der Waals surface area contributed by atoms with Crippen molar-refractivity contribution in [3.05, 3.63) is 59.4 Å². The first kappa shape index (κ1) is 19.6. The van der Waals surface area contributed by atoms with Gasteiger partial charge < -0.3 is 20.1 Å². The van der Waals surface area contributed by atoms with Crippen LogP contribution in [-0.2, 0) is 20.1 Å². The summed E-state index contributed by atoms with van der Waals surface area (Å²) in [5.41, 5.74) is 2.90. The van der Waals surface area contributed by atoms with E-state index >= 15 is 0 Å². The van der Waals surface area contributed by atoms with E-state index in [-0.39, 0.29) is 5.91 Å². The number of aryl methyl sites for hydroxylation is 1. The van der Waals surface area contributed by atoms with Gasteiger partial charge in [0.15, 0.2) is 5.96 Å². The molecular weight excluding hydrogens is 326 g/mol. The molecule has 1 aromatic heterocycles. The second kappa shape index (κ2) is 9.65. The number of carbonyl (C=O) groups is 1. The highest BCUT2D eigenvalue weighted by molar-refractivity contribution is 5.94. The van der Waals surface area contributed by atoms with Gasteiger partial charge in [0.2, 0.25) is 0 Å². The Kier molecular flexibility index (Phi) is 7.26. The number of aliphatic imine (C=N–C) groups is 1. The molecule has 0 fully saturated rings. The van der Waals surface area contributed by atoms with Crippen molar-refractivity contribution in [1.82, 2.24) is 20.1 Å². The van der Waals surface area contributed by atoms with Gasteiger partial charge in [0, 0.05) is 44.6 Å². The van der Waals surface area contributed by atoms with Gasteiger partial charge in [-0.3, -0.25) is 4.79 Å². The minimum absolute atomic E-state index is 0.0499. The van der Waals surface area contributed by atoms with Crippen molar-refractivity contribution in [3.8, 4) is 0 Å². The summed E-state index contributed by atoms with van der Waals surface area (Å²) in [6, 6.07) is 11.8. The Hall–Kier alpha value is -2.76. The minimum atomic E-state index is -0.0499. The van der Waals surface area contributed by atoms with Crippen LogP contribution in [0.5, 0.6) is 0 Å². The fraction of sp³-hybridized carbons (Fsp3) is 0.400. The molecule has 0 bridgehead atoms. The van der Waals surface area contributed by atoms with E-state index in [1.54, 1.807) is 0 Å². The highest BCUT2D eigenvalue weighted by atomic mass is 16.1. The molecule has 2 rings (SSSR count). The van der Waals surface area contributed by atoms with Crippen LogP contribution in [0.1, 0.15) is 35.5 Å². The number of nitrogens with one attached hydrogen (secondary N) is 2. The van der Waals surface area contributed by atoms with Crippen LogP contribution < -0.4 is 10.6 Å². The smallest absolute Gasteiger partial charge is 0.251 e. The molecule has 26 heavy (non-hydrogen) atoms. The fourth-order valence-electron chi connectivity index (χ4n) is 2.69. The molecular formula is C20H29N5O. The van der Waals surface area contributed by atoms with Crippen molar-refractivity contribution in [2.45, 2.75) is 26.9 Å². The quantitative estimate of drug-likeness (QED) is 0.592. The van der Waals surface area contributed by atoms with Gasteiger partial charge in [-0.2, -0.15) is 0 Å². The molecule has 0 aliphatic carbocycles. The monoisotopic (exact) mass is 355 g/mol. The molecule has 1 heterocycles. The largest absolute Gasteiger partial charge is 0.357 e. The number of rotatable bonds is 7. The Morgan fingerprint density at radius 2 is 1.92 bits per heavy atom. The van der Waals surface area contributed by atoms with E-state index in [1.165, 1.54) is 5.69 Å². The van der Waals surface area contributed by atoms with E-state index < -0.39 is 0 Å². The molecule has 0 unspecified atom stereocenters. The third kappa shape index (κ3) is 5.37. The van der Waals surface area contributed by atoms with Crippen molar-refractivity contribution in [2.24, 2.45) is 12.0 Å². The average molecular weight is 355 g/mol. The number of amides is 1. The van der Waals surface area contributed by atoms with E-state index in [4.69, 9.17) is 4.99 Å². The SMILES string of the molecule is CCNC(=O)c1cccc(CN=C(NCC)N(C)Cc2cccn2C)c1. The maximum atomic E-state index is 12.0. The summed E-state index contributed by atoms with van der Waals surface area (Å²) in [7, 11) is 4.07. The Balaban J connectivity index is 2.10. The van der Waals surface area contributed by atoms with Crippen LogP contribution in [0.25, 0.3) is 0 Å². The van der Waals surface area contributed by atoms with Crippen LogP contribution in [0.4, 0.5) is 0 Å². The third-order valence-corrected chi connectivity index (χ3v) is 4.08. The van der Waals surface area contributed by atoms with E-state index in [1.807, 2.05) is 57.5 Å². The lowest BCUT2D eigenvalue weighted by Gasteiger charge is -2.22. The highest BCUT2D eigenvalue weighted by Gasteiger charge is 2.09. The first-order valence-electron chi connectivity index (χ1n) is 9.02. The molecule has 6 heteroatoms. The second-order valence-electron chi connectivity index (χ2n) is 6.20. The van der Waals surface area contributed by atoms with Gasteiger partial charge in [-0.15, -0.1) is 0 Å². The summed E-state index contributed by atoms with van der Waals surface area (Å²) < 4.78 is 2.11. The predicted octanol–water partition coefficient (Wildman–Crippen LogP) is 2.37. The molecule has 6 nitrogen and oxygen atoms in total. The lowest BCUT2D eigenvalue weighted by molar-refractivity contribution is 0.0955. The number of hydrogen-bond acceptors (Lipinski definition) is 2. The standard InChI is InChI=1S/C20H29N5O/c1-5-21-19(26)17-10-7-9-16(13-17)14-23-20(22-6-2)25(4)15-18-11-8-12-24(18)3/h7-13H,5-6,14-15H2,1-4H3,(H,21,26)(H,22,23). The van der Waals surface area contributed by atoms with Crippen LogP contribution in [0, 0.1) is 0 Å². The molecule has 0 atom stereocenters. The molecule has 0 aliphatic heterocycles. The Bertz CT molecular complexity index is 750. The maximum Gasteiger partial charge on any atom is 0.251 e.